The largest absolute Gasteiger partial charge is 0.487 e. The van der Waals surface area contributed by atoms with Crippen LogP contribution in [0.1, 0.15) is 21.5 Å². The molecule has 7 heteroatoms. The molecule has 0 bridgehead atoms. The maximum atomic E-state index is 14.1. The van der Waals surface area contributed by atoms with Gasteiger partial charge in [-0.05, 0) is 41.5 Å². The van der Waals surface area contributed by atoms with Crippen LogP contribution in [0.2, 0.25) is 0 Å². The molecule has 0 aliphatic rings. The van der Waals surface area contributed by atoms with E-state index in [1.54, 1.807) is 42.5 Å². The van der Waals surface area contributed by atoms with Gasteiger partial charge in [0, 0.05) is 11.1 Å². The predicted molar refractivity (Wildman–Crippen MR) is 120 cm³/mol. The fourth-order valence-corrected chi connectivity index (χ4v) is 4.25. The SMILES string of the molecule is COC(=O)c1c(SCc2ccccc2F)nc2ccccc2c1OCc1cccc(F)c1. The second-order valence-electron chi connectivity index (χ2n) is 6.93. The highest BCUT2D eigenvalue weighted by molar-refractivity contribution is 7.98. The molecule has 32 heavy (non-hydrogen) atoms. The minimum Gasteiger partial charge on any atom is -0.487 e. The Morgan fingerprint density at radius 2 is 1.78 bits per heavy atom. The molecule has 0 amide bonds. The summed E-state index contributed by atoms with van der Waals surface area (Å²) in [5.74, 6) is -0.759. The zero-order valence-electron chi connectivity index (χ0n) is 17.2. The smallest absolute Gasteiger partial charge is 0.344 e. The third-order valence-electron chi connectivity index (χ3n) is 4.80. The van der Waals surface area contributed by atoms with Gasteiger partial charge in [0.1, 0.15) is 34.6 Å². The third-order valence-corrected chi connectivity index (χ3v) is 5.82. The summed E-state index contributed by atoms with van der Waals surface area (Å²) < 4.78 is 38.7. The number of hydrogen-bond acceptors (Lipinski definition) is 5. The molecule has 4 aromatic rings. The predicted octanol–water partition coefficient (Wildman–Crippen LogP) is 6.17. The van der Waals surface area contributed by atoms with Crippen molar-refractivity contribution in [2.24, 2.45) is 0 Å². The van der Waals surface area contributed by atoms with Gasteiger partial charge in [-0.15, -0.1) is 11.8 Å². The Morgan fingerprint density at radius 1 is 1.00 bits per heavy atom. The minimum absolute atomic E-state index is 0.0488. The van der Waals surface area contributed by atoms with Crippen molar-refractivity contribution in [3.8, 4) is 5.75 Å². The Morgan fingerprint density at radius 3 is 2.56 bits per heavy atom. The summed E-state index contributed by atoms with van der Waals surface area (Å²) in [6.45, 7) is 0.0488. The van der Waals surface area contributed by atoms with Crippen molar-refractivity contribution < 1.29 is 23.0 Å². The summed E-state index contributed by atoms with van der Waals surface area (Å²) in [6, 6.07) is 19.7. The molecule has 0 radical (unpaired) electrons. The number of methoxy groups -OCH3 is 1. The van der Waals surface area contributed by atoms with Gasteiger partial charge in [0.15, 0.2) is 0 Å². The summed E-state index contributed by atoms with van der Waals surface area (Å²) in [5, 5.41) is 0.993. The second-order valence-corrected chi connectivity index (χ2v) is 7.89. The number of nitrogens with zero attached hydrogens (tertiary/aromatic N) is 1. The van der Waals surface area contributed by atoms with Crippen molar-refractivity contribution in [2.75, 3.05) is 7.11 Å². The first-order valence-corrected chi connectivity index (χ1v) is 10.8. The van der Waals surface area contributed by atoms with Crippen molar-refractivity contribution in [1.82, 2.24) is 4.98 Å². The van der Waals surface area contributed by atoms with Crippen LogP contribution < -0.4 is 4.74 Å². The standard InChI is InChI=1S/C25H19F2NO3S/c1-30-25(29)22-23(31-14-16-7-6-9-18(26)13-16)19-10-3-5-12-21(19)28-24(22)32-15-17-8-2-4-11-20(17)27/h2-13H,14-15H2,1H3. The molecule has 0 atom stereocenters. The monoisotopic (exact) mass is 451 g/mol. The van der Waals surface area contributed by atoms with E-state index in [0.717, 1.165) is 0 Å². The number of thioether (sulfide) groups is 1. The van der Waals surface area contributed by atoms with Crippen LogP contribution in [-0.4, -0.2) is 18.1 Å². The fourth-order valence-electron chi connectivity index (χ4n) is 3.24. The van der Waals surface area contributed by atoms with Crippen LogP contribution in [-0.2, 0) is 17.1 Å². The summed E-state index contributed by atoms with van der Waals surface area (Å²) in [6.07, 6.45) is 0. The van der Waals surface area contributed by atoms with Crippen LogP contribution in [0.15, 0.2) is 77.8 Å². The van der Waals surface area contributed by atoms with E-state index >= 15 is 0 Å². The Bertz CT molecular complexity index is 1280. The molecule has 1 aromatic heterocycles. The van der Waals surface area contributed by atoms with Gasteiger partial charge in [-0.3, -0.25) is 0 Å². The van der Waals surface area contributed by atoms with E-state index in [1.807, 2.05) is 12.1 Å². The van der Waals surface area contributed by atoms with Gasteiger partial charge < -0.3 is 9.47 Å². The second kappa shape index (κ2) is 9.78. The summed E-state index contributed by atoms with van der Waals surface area (Å²) in [4.78, 5) is 17.4. The van der Waals surface area contributed by atoms with Crippen LogP contribution in [0, 0.1) is 11.6 Å². The highest BCUT2D eigenvalue weighted by Gasteiger charge is 2.24. The Balaban J connectivity index is 1.77. The lowest BCUT2D eigenvalue weighted by Gasteiger charge is -2.16. The number of fused-ring (bicyclic) bond motifs is 1. The molecule has 0 aliphatic heterocycles. The molecule has 4 rings (SSSR count). The molecule has 3 aromatic carbocycles. The first-order valence-electron chi connectivity index (χ1n) is 9.81. The lowest BCUT2D eigenvalue weighted by Crippen LogP contribution is -2.10. The van der Waals surface area contributed by atoms with E-state index in [4.69, 9.17) is 9.47 Å². The fraction of sp³-hybridized carbons (Fsp3) is 0.120. The van der Waals surface area contributed by atoms with E-state index in [2.05, 4.69) is 4.98 Å². The molecule has 0 N–H and O–H groups in total. The molecule has 1 heterocycles. The van der Waals surface area contributed by atoms with E-state index in [1.165, 1.54) is 37.1 Å². The minimum atomic E-state index is -0.617. The summed E-state index contributed by atoms with van der Waals surface area (Å²) in [5.41, 5.74) is 1.88. The van der Waals surface area contributed by atoms with E-state index in [9.17, 15) is 13.6 Å². The number of aromatic nitrogens is 1. The van der Waals surface area contributed by atoms with Crippen LogP contribution >= 0.6 is 11.8 Å². The zero-order valence-corrected chi connectivity index (χ0v) is 18.0. The number of benzene rings is 3. The molecule has 0 unspecified atom stereocenters. The number of rotatable bonds is 7. The number of carbonyl (C=O) groups excluding carboxylic acids is 1. The highest BCUT2D eigenvalue weighted by atomic mass is 32.2. The van der Waals surface area contributed by atoms with Crippen LogP contribution in [0.4, 0.5) is 8.78 Å². The van der Waals surface area contributed by atoms with Crippen LogP contribution in [0.25, 0.3) is 10.9 Å². The van der Waals surface area contributed by atoms with Gasteiger partial charge in [-0.1, -0.05) is 42.5 Å². The molecule has 162 valence electrons. The maximum absolute atomic E-state index is 14.1. The molecule has 0 spiro atoms. The molecule has 0 aliphatic carbocycles. The van der Waals surface area contributed by atoms with E-state index < -0.39 is 5.97 Å². The van der Waals surface area contributed by atoms with Crippen molar-refractivity contribution in [2.45, 2.75) is 17.4 Å². The van der Waals surface area contributed by atoms with Gasteiger partial charge >= 0.3 is 5.97 Å². The normalized spacial score (nSPS) is 10.8. The molecule has 0 saturated heterocycles. The average Bonchev–Trinajstić information content (AvgIpc) is 2.81. The van der Waals surface area contributed by atoms with E-state index in [-0.39, 0.29) is 29.6 Å². The highest BCUT2D eigenvalue weighted by Crippen LogP contribution is 2.37. The van der Waals surface area contributed by atoms with Crippen molar-refractivity contribution >= 4 is 28.6 Å². The quantitative estimate of drug-likeness (QED) is 0.248. The number of pyridine rings is 1. The Kier molecular flexibility index (Phi) is 6.66. The number of para-hydroxylation sites is 1. The number of halogens is 2. The van der Waals surface area contributed by atoms with E-state index in [0.29, 0.717) is 32.8 Å². The summed E-state index contributed by atoms with van der Waals surface area (Å²) in [7, 11) is 1.28. The van der Waals surface area contributed by atoms with Gasteiger partial charge in [-0.2, -0.15) is 0 Å². The molecule has 0 saturated carbocycles. The molecule has 4 nitrogen and oxygen atoms in total. The molecule has 0 fully saturated rings. The van der Waals surface area contributed by atoms with Crippen molar-refractivity contribution in [3.63, 3.8) is 0 Å². The topological polar surface area (TPSA) is 48.4 Å². The van der Waals surface area contributed by atoms with Crippen molar-refractivity contribution in [3.05, 3.63) is 101 Å². The maximum Gasteiger partial charge on any atom is 0.344 e. The number of carbonyl (C=O) groups is 1. The zero-order chi connectivity index (χ0) is 22.5. The molecular formula is C25H19F2NO3S. The Hall–Kier alpha value is -3.45. The first-order chi connectivity index (χ1) is 15.6. The van der Waals surface area contributed by atoms with Crippen LogP contribution in [0.3, 0.4) is 0 Å². The number of ether oxygens (including phenoxy) is 2. The molecular weight excluding hydrogens is 432 g/mol. The van der Waals surface area contributed by atoms with Crippen molar-refractivity contribution in [1.29, 1.82) is 0 Å². The van der Waals surface area contributed by atoms with Crippen LogP contribution in [0.5, 0.6) is 5.75 Å². The van der Waals surface area contributed by atoms with Gasteiger partial charge in [-0.25, -0.2) is 18.6 Å². The number of esters is 1. The first kappa shape index (κ1) is 21.8. The van der Waals surface area contributed by atoms with Gasteiger partial charge in [0.05, 0.1) is 12.6 Å². The number of hydrogen-bond donors (Lipinski definition) is 0. The lowest BCUT2D eigenvalue weighted by molar-refractivity contribution is 0.0590. The van der Waals surface area contributed by atoms with Gasteiger partial charge in [0.2, 0.25) is 0 Å². The average molecular weight is 451 g/mol. The Labute approximate surface area is 188 Å². The van der Waals surface area contributed by atoms with Gasteiger partial charge in [0.25, 0.3) is 0 Å². The third kappa shape index (κ3) is 4.73. The lowest BCUT2D eigenvalue weighted by atomic mass is 10.1. The summed E-state index contributed by atoms with van der Waals surface area (Å²) >= 11 is 1.22.